The number of carbonyl (C=O) groups is 1. The number of carbonyl (C=O) groups excluding carboxylic acids is 1. The zero-order chi connectivity index (χ0) is 22.4. The molecule has 6 heteroatoms. The van der Waals surface area contributed by atoms with Crippen molar-refractivity contribution in [1.82, 2.24) is 4.98 Å². The normalized spacial score (nSPS) is 17.0. The lowest BCUT2D eigenvalue weighted by Gasteiger charge is -2.30. The molecule has 31 heavy (non-hydrogen) atoms. The average Bonchev–Trinajstić information content (AvgIpc) is 3.28. The van der Waals surface area contributed by atoms with E-state index in [1.54, 1.807) is 13.0 Å². The second-order valence-corrected chi connectivity index (χ2v) is 8.85. The standard InChI is InChI=1S/C25H31NO4S/c1-16(15-21(31)23-24(27)20(29-3)13-14-26-23)25(28)30-17(2)22(19-11-7-8-12-19)18-9-5-4-6-10-18/h4-6,9-10,13-14,16-17,19,22,27H,7-8,11-12,15H2,1-3H3/t16-,17?,22-/m1/s1. The maximum Gasteiger partial charge on any atom is 0.309 e. The van der Waals surface area contributed by atoms with E-state index in [0.717, 1.165) is 0 Å². The molecule has 0 bridgehead atoms. The van der Waals surface area contributed by atoms with Crippen molar-refractivity contribution in [2.75, 3.05) is 7.11 Å². The molecule has 2 aromatic rings. The van der Waals surface area contributed by atoms with E-state index in [4.69, 9.17) is 21.7 Å². The monoisotopic (exact) mass is 441 g/mol. The Morgan fingerprint density at radius 3 is 2.52 bits per heavy atom. The first-order chi connectivity index (χ1) is 14.9. The van der Waals surface area contributed by atoms with E-state index in [-0.39, 0.29) is 35.9 Å². The van der Waals surface area contributed by atoms with Crippen molar-refractivity contribution in [2.45, 2.75) is 58.0 Å². The fourth-order valence-corrected chi connectivity index (χ4v) is 4.95. The number of pyridine rings is 1. The van der Waals surface area contributed by atoms with E-state index in [1.165, 1.54) is 44.6 Å². The Balaban J connectivity index is 1.67. The number of esters is 1. The topological polar surface area (TPSA) is 68.7 Å². The number of nitrogens with zero attached hydrogens (tertiary/aromatic N) is 1. The van der Waals surface area contributed by atoms with Gasteiger partial charge in [-0.1, -0.05) is 62.3 Å². The average molecular weight is 442 g/mol. The fraction of sp³-hybridized carbons (Fsp3) is 0.480. The highest BCUT2D eigenvalue weighted by Crippen LogP contribution is 2.40. The molecule has 0 spiro atoms. The quantitative estimate of drug-likeness (QED) is 0.317. The predicted octanol–water partition coefficient (Wildman–Crippen LogP) is 5.45. The molecular weight excluding hydrogens is 410 g/mol. The summed E-state index contributed by atoms with van der Waals surface area (Å²) in [7, 11) is 1.47. The van der Waals surface area contributed by atoms with Gasteiger partial charge in [0.25, 0.3) is 0 Å². The van der Waals surface area contributed by atoms with Crippen molar-refractivity contribution in [3.63, 3.8) is 0 Å². The van der Waals surface area contributed by atoms with Crippen molar-refractivity contribution in [3.05, 3.63) is 53.9 Å². The Bertz CT molecular complexity index is 896. The van der Waals surface area contributed by atoms with Gasteiger partial charge in [0, 0.05) is 23.0 Å². The molecule has 0 saturated heterocycles. The summed E-state index contributed by atoms with van der Waals surface area (Å²) in [6.07, 6.45) is 6.37. The second-order valence-electron chi connectivity index (χ2n) is 8.36. The second kappa shape index (κ2) is 10.7. The maximum atomic E-state index is 12.9. The van der Waals surface area contributed by atoms with E-state index in [0.29, 0.717) is 16.5 Å². The van der Waals surface area contributed by atoms with Crippen LogP contribution in [0.25, 0.3) is 0 Å². The number of ether oxygens (including phenoxy) is 2. The highest BCUT2D eigenvalue weighted by Gasteiger charge is 2.33. The van der Waals surface area contributed by atoms with Crippen LogP contribution in [0.2, 0.25) is 0 Å². The maximum absolute atomic E-state index is 12.9. The number of methoxy groups -OCH3 is 1. The van der Waals surface area contributed by atoms with Gasteiger partial charge in [0.2, 0.25) is 0 Å². The molecule has 0 amide bonds. The minimum absolute atomic E-state index is 0.102. The van der Waals surface area contributed by atoms with Gasteiger partial charge in [-0.25, -0.2) is 0 Å². The van der Waals surface area contributed by atoms with E-state index in [2.05, 4.69) is 17.1 Å². The van der Waals surface area contributed by atoms with E-state index in [9.17, 15) is 9.90 Å². The molecule has 0 radical (unpaired) electrons. The molecule has 3 rings (SSSR count). The Morgan fingerprint density at radius 1 is 1.19 bits per heavy atom. The third-order valence-electron chi connectivity index (χ3n) is 6.17. The number of aromatic nitrogens is 1. The Hall–Kier alpha value is -2.47. The van der Waals surface area contributed by atoms with Crippen LogP contribution in [-0.4, -0.2) is 34.1 Å². The first-order valence-corrected chi connectivity index (χ1v) is 11.3. The Morgan fingerprint density at radius 2 is 1.87 bits per heavy atom. The van der Waals surface area contributed by atoms with Crippen LogP contribution in [-0.2, 0) is 9.53 Å². The van der Waals surface area contributed by atoms with Crippen molar-refractivity contribution < 1.29 is 19.4 Å². The predicted molar refractivity (Wildman–Crippen MR) is 125 cm³/mol. The van der Waals surface area contributed by atoms with Gasteiger partial charge in [-0.2, -0.15) is 0 Å². The van der Waals surface area contributed by atoms with Crippen LogP contribution in [0.1, 0.15) is 63.1 Å². The van der Waals surface area contributed by atoms with Gasteiger partial charge in [-0.05, 0) is 37.7 Å². The SMILES string of the molecule is COc1ccnc(C(=S)C[C@@H](C)C(=O)OC(C)[C@H](c2ccccc2)C2CCCC2)c1O. The lowest BCUT2D eigenvalue weighted by atomic mass is 9.81. The molecule has 1 aliphatic carbocycles. The van der Waals surface area contributed by atoms with Gasteiger partial charge in [0.05, 0.1) is 13.0 Å². The molecule has 1 unspecified atom stereocenters. The van der Waals surface area contributed by atoms with Crippen LogP contribution < -0.4 is 4.74 Å². The first-order valence-electron chi connectivity index (χ1n) is 10.9. The molecule has 1 fully saturated rings. The molecule has 1 aromatic carbocycles. The molecule has 166 valence electrons. The number of aromatic hydroxyl groups is 1. The van der Waals surface area contributed by atoms with Gasteiger partial charge < -0.3 is 14.6 Å². The summed E-state index contributed by atoms with van der Waals surface area (Å²) < 4.78 is 11.1. The van der Waals surface area contributed by atoms with Crippen LogP contribution in [0, 0.1) is 11.8 Å². The minimum atomic E-state index is -0.442. The van der Waals surface area contributed by atoms with Gasteiger partial charge in [0.15, 0.2) is 11.5 Å². The molecule has 1 aromatic heterocycles. The third kappa shape index (κ3) is 5.62. The van der Waals surface area contributed by atoms with Crippen LogP contribution in [0.5, 0.6) is 11.5 Å². The van der Waals surface area contributed by atoms with Crippen molar-refractivity contribution in [3.8, 4) is 11.5 Å². The zero-order valence-corrected chi connectivity index (χ0v) is 19.2. The summed E-state index contributed by atoms with van der Waals surface area (Å²) in [5, 5.41) is 10.3. The number of hydrogen-bond acceptors (Lipinski definition) is 6. The summed E-state index contributed by atoms with van der Waals surface area (Å²) in [6, 6.07) is 11.9. The molecular formula is C25H31NO4S. The number of thiocarbonyl (C=S) groups is 1. The summed E-state index contributed by atoms with van der Waals surface area (Å²) in [4.78, 5) is 17.5. The third-order valence-corrected chi connectivity index (χ3v) is 6.53. The highest BCUT2D eigenvalue weighted by molar-refractivity contribution is 7.80. The largest absolute Gasteiger partial charge is 0.503 e. The van der Waals surface area contributed by atoms with Gasteiger partial charge >= 0.3 is 5.97 Å². The minimum Gasteiger partial charge on any atom is -0.503 e. The van der Waals surface area contributed by atoms with Gasteiger partial charge in [0.1, 0.15) is 11.8 Å². The Labute approximate surface area is 189 Å². The van der Waals surface area contributed by atoms with Crippen LogP contribution >= 0.6 is 12.2 Å². The smallest absolute Gasteiger partial charge is 0.309 e. The van der Waals surface area contributed by atoms with E-state index in [1.807, 2.05) is 25.1 Å². The first kappa shape index (κ1) is 23.2. The fourth-order valence-electron chi connectivity index (χ4n) is 4.55. The lowest BCUT2D eigenvalue weighted by molar-refractivity contribution is -0.154. The molecule has 0 aliphatic heterocycles. The highest BCUT2D eigenvalue weighted by atomic mass is 32.1. The number of benzene rings is 1. The molecule has 1 saturated carbocycles. The molecule has 3 atom stereocenters. The summed E-state index contributed by atoms with van der Waals surface area (Å²) >= 11 is 5.45. The van der Waals surface area contributed by atoms with E-state index < -0.39 is 5.92 Å². The van der Waals surface area contributed by atoms with Gasteiger partial charge in [-0.3, -0.25) is 9.78 Å². The van der Waals surface area contributed by atoms with Crippen LogP contribution in [0.15, 0.2) is 42.6 Å². The van der Waals surface area contributed by atoms with Gasteiger partial charge in [-0.15, -0.1) is 0 Å². The Kier molecular flexibility index (Phi) is 8.02. The molecule has 5 nitrogen and oxygen atoms in total. The summed E-state index contributed by atoms with van der Waals surface area (Å²) in [5.74, 6) is 0.196. The number of hydrogen-bond donors (Lipinski definition) is 1. The molecule has 1 heterocycles. The summed E-state index contributed by atoms with van der Waals surface area (Å²) in [6.45, 7) is 3.79. The van der Waals surface area contributed by atoms with Crippen molar-refractivity contribution in [1.29, 1.82) is 0 Å². The molecule has 1 aliphatic rings. The number of rotatable bonds is 9. The zero-order valence-electron chi connectivity index (χ0n) is 18.4. The van der Waals surface area contributed by atoms with Crippen molar-refractivity contribution in [2.24, 2.45) is 11.8 Å². The molecule has 1 N–H and O–H groups in total. The van der Waals surface area contributed by atoms with E-state index >= 15 is 0 Å². The van der Waals surface area contributed by atoms with Crippen molar-refractivity contribution >= 4 is 23.1 Å². The van der Waals surface area contributed by atoms with Crippen LogP contribution in [0.4, 0.5) is 0 Å². The summed E-state index contributed by atoms with van der Waals surface area (Å²) in [5.41, 5.74) is 1.50. The lowest BCUT2D eigenvalue weighted by Crippen LogP contribution is -2.30. The van der Waals surface area contributed by atoms with Crippen LogP contribution in [0.3, 0.4) is 0 Å².